The van der Waals surface area contributed by atoms with Crippen LogP contribution in [0.25, 0.3) is 32.6 Å². The van der Waals surface area contributed by atoms with E-state index < -0.39 is 0 Å². The number of thiophene rings is 1. The molecule has 0 aliphatic heterocycles. The molecule has 30 heavy (non-hydrogen) atoms. The fraction of sp³-hybridized carbons (Fsp3) is 0.130. The van der Waals surface area contributed by atoms with Crippen LogP contribution >= 0.6 is 22.9 Å². The Morgan fingerprint density at radius 3 is 2.40 bits per heavy atom. The van der Waals surface area contributed by atoms with Gasteiger partial charge in [-0.25, -0.2) is 4.98 Å². The van der Waals surface area contributed by atoms with Gasteiger partial charge in [0.05, 0.1) is 30.5 Å². The molecular formula is C23H19ClN2O3S. The van der Waals surface area contributed by atoms with Crippen molar-refractivity contribution in [2.24, 2.45) is 0 Å². The second-order valence-electron chi connectivity index (χ2n) is 6.71. The maximum absolute atomic E-state index is 12.1. The first-order chi connectivity index (χ1) is 14.4. The fourth-order valence-electron chi connectivity index (χ4n) is 3.39. The van der Waals surface area contributed by atoms with E-state index in [9.17, 15) is 4.79 Å². The molecule has 4 rings (SSSR count). The van der Waals surface area contributed by atoms with Crippen LogP contribution in [0.2, 0.25) is 5.02 Å². The number of aromatic nitrogens is 1. The molecule has 2 heterocycles. The van der Waals surface area contributed by atoms with Gasteiger partial charge in [-0.1, -0.05) is 23.7 Å². The SMILES string of the molecule is COc1ccc(OC)c(-c2cc(-c3ccc(Cl)cc3)c3c(N)c(C(C)=O)sc3n2)c1. The number of benzene rings is 2. The van der Waals surface area contributed by atoms with Gasteiger partial charge in [-0.2, -0.15) is 0 Å². The second kappa shape index (κ2) is 7.97. The monoisotopic (exact) mass is 438 g/mol. The van der Waals surface area contributed by atoms with Gasteiger partial charge in [0.15, 0.2) is 5.78 Å². The lowest BCUT2D eigenvalue weighted by Gasteiger charge is -2.13. The van der Waals surface area contributed by atoms with Crippen LogP contribution in [0, 0.1) is 0 Å². The van der Waals surface area contributed by atoms with Gasteiger partial charge in [0.2, 0.25) is 0 Å². The number of hydrogen-bond acceptors (Lipinski definition) is 6. The molecule has 0 bridgehead atoms. The van der Waals surface area contributed by atoms with E-state index in [0.29, 0.717) is 37.6 Å². The van der Waals surface area contributed by atoms with Gasteiger partial charge in [0.1, 0.15) is 16.3 Å². The number of halogens is 1. The summed E-state index contributed by atoms with van der Waals surface area (Å²) in [6.07, 6.45) is 0. The molecule has 0 saturated carbocycles. The van der Waals surface area contributed by atoms with E-state index in [0.717, 1.165) is 22.1 Å². The van der Waals surface area contributed by atoms with Crippen LogP contribution < -0.4 is 15.2 Å². The molecule has 5 nitrogen and oxygen atoms in total. The van der Waals surface area contributed by atoms with E-state index in [-0.39, 0.29) is 5.78 Å². The van der Waals surface area contributed by atoms with Crippen molar-refractivity contribution in [2.75, 3.05) is 20.0 Å². The summed E-state index contributed by atoms with van der Waals surface area (Å²) in [6, 6.07) is 15.0. The number of Topliss-reactive ketones (excluding diaryl/α,β-unsaturated/α-hetero) is 1. The Balaban J connectivity index is 2.06. The summed E-state index contributed by atoms with van der Waals surface area (Å²) in [5.74, 6) is 1.27. The van der Waals surface area contributed by atoms with Crippen molar-refractivity contribution < 1.29 is 14.3 Å². The summed E-state index contributed by atoms with van der Waals surface area (Å²) in [6.45, 7) is 1.51. The summed E-state index contributed by atoms with van der Waals surface area (Å²) in [4.78, 5) is 18.1. The molecule has 152 valence electrons. The van der Waals surface area contributed by atoms with Crippen LogP contribution in [0.5, 0.6) is 11.5 Å². The van der Waals surface area contributed by atoms with Crippen LogP contribution in [0.3, 0.4) is 0 Å². The first kappa shape index (κ1) is 20.2. The molecule has 0 radical (unpaired) electrons. The highest BCUT2D eigenvalue weighted by molar-refractivity contribution is 7.21. The smallest absolute Gasteiger partial charge is 0.171 e. The Morgan fingerprint density at radius 2 is 1.77 bits per heavy atom. The Bertz CT molecular complexity index is 1270. The van der Waals surface area contributed by atoms with Crippen LogP contribution in [0.1, 0.15) is 16.6 Å². The van der Waals surface area contributed by atoms with Crippen LogP contribution in [0.4, 0.5) is 5.69 Å². The quantitative estimate of drug-likeness (QED) is 0.382. The third kappa shape index (κ3) is 3.49. The standard InChI is InChI=1S/C23H19ClN2O3S/c1-12(27)22-21(25)20-16(13-4-6-14(24)7-5-13)11-18(26-23(20)30-22)17-10-15(28-2)8-9-19(17)29-3/h4-11H,25H2,1-3H3. The zero-order valence-corrected chi connectivity index (χ0v) is 18.2. The summed E-state index contributed by atoms with van der Waals surface area (Å²) < 4.78 is 10.9. The molecule has 0 saturated heterocycles. The largest absolute Gasteiger partial charge is 0.497 e. The summed E-state index contributed by atoms with van der Waals surface area (Å²) in [7, 11) is 3.22. The average Bonchev–Trinajstić information content (AvgIpc) is 3.10. The maximum Gasteiger partial charge on any atom is 0.171 e. The second-order valence-corrected chi connectivity index (χ2v) is 8.14. The van der Waals surface area contributed by atoms with Gasteiger partial charge in [-0.3, -0.25) is 4.79 Å². The van der Waals surface area contributed by atoms with Gasteiger partial charge in [0, 0.05) is 22.9 Å². The van der Waals surface area contributed by atoms with Crippen molar-refractivity contribution in [2.45, 2.75) is 6.92 Å². The molecule has 4 aromatic rings. The van der Waals surface area contributed by atoms with Crippen LogP contribution in [0.15, 0.2) is 48.5 Å². The number of carbonyl (C=O) groups excluding carboxylic acids is 1. The average molecular weight is 439 g/mol. The third-order valence-corrected chi connectivity index (χ3v) is 6.31. The van der Waals surface area contributed by atoms with E-state index >= 15 is 0 Å². The van der Waals surface area contributed by atoms with Crippen LogP contribution in [-0.4, -0.2) is 25.0 Å². The predicted molar refractivity (Wildman–Crippen MR) is 123 cm³/mol. The molecule has 0 amide bonds. The highest BCUT2D eigenvalue weighted by Gasteiger charge is 2.21. The summed E-state index contributed by atoms with van der Waals surface area (Å²) >= 11 is 7.38. The zero-order valence-electron chi connectivity index (χ0n) is 16.7. The number of nitrogen functional groups attached to an aromatic ring is 1. The normalized spacial score (nSPS) is 10.9. The molecule has 0 aliphatic carbocycles. The van der Waals surface area contributed by atoms with Crippen molar-refractivity contribution in [3.63, 3.8) is 0 Å². The van der Waals surface area contributed by atoms with E-state index in [2.05, 4.69) is 0 Å². The number of fused-ring (bicyclic) bond motifs is 1. The van der Waals surface area contributed by atoms with E-state index in [1.54, 1.807) is 14.2 Å². The first-order valence-corrected chi connectivity index (χ1v) is 10.3. The maximum atomic E-state index is 12.1. The van der Waals surface area contributed by atoms with Gasteiger partial charge >= 0.3 is 0 Å². The Kier molecular flexibility index (Phi) is 5.37. The molecule has 0 spiro atoms. The summed E-state index contributed by atoms with van der Waals surface area (Å²) in [5.41, 5.74) is 10.1. The minimum atomic E-state index is -0.0851. The predicted octanol–water partition coefficient (Wildman–Crippen LogP) is 6.09. The highest BCUT2D eigenvalue weighted by Crippen LogP contribution is 2.43. The number of ether oxygens (including phenoxy) is 2. The van der Waals surface area contributed by atoms with Crippen molar-refractivity contribution >= 4 is 44.6 Å². The number of nitrogens with two attached hydrogens (primary N) is 1. The van der Waals surface area contributed by atoms with E-state index in [1.807, 2.05) is 48.5 Å². The molecule has 2 N–H and O–H groups in total. The summed E-state index contributed by atoms with van der Waals surface area (Å²) in [5, 5.41) is 1.40. The minimum Gasteiger partial charge on any atom is -0.497 e. The number of carbonyl (C=O) groups is 1. The van der Waals surface area contributed by atoms with Crippen LogP contribution in [-0.2, 0) is 0 Å². The van der Waals surface area contributed by atoms with Gasteiger partial charge in [-0.15, -0.1) is 11.3 Å². The highest BCUT2D eigenvalue weighted by atomic mass is 35.5. The van der Waals surface area contributed by atoms with Gasteiger partial charge in [-0.05, 0) is 47.5 Å². The number of ketones is 1. The number of hydrogen-bond donors (Lipinski definition) is 1. The van der Waals surface area contributed by atoms with Crippen molar-refractivity contribution in [3.8, 4) is 33.9 Å². The minimum absolute atomic E-state index is 0.0851. The fourth-order valence-corrected chi connectivity index (χ4v) is 4.53. The molecule has 0 fully saturated rings. The third-order valence-electron chi connectivity index (χ3n) is 4.86. The zero-order chi connectivity index (χ0) is 21.4. The lowest BCUT2D eigenvalue weighted by Crippen LogP contribution is -1.96. The number of anilines is 1. The molecule has 2 aromatic carbocycles. The van der Waals surface area contributed by atoms with Crippen molar-refractivity contribution in [3.05, 3.63) is 58.4 Å². The Morgan fingerprint density at radius 1 is 1.03 bits per heavy atom. The molecular weight excluding hydrogens is 420 g/mol. The number of pyridine rings is 1. The molecule has 7 heteroatoms. The van der Waals surface area contributed by atoms with E-state index in [1.165, 1.54) is 18.3 Å². The van der Waals surface area contributed by atoms with Crippen molar-refractivity contribution in [1.82, 2.24) is 4.98 Å². The van der Waals surface area contributed by atoms with Gasteiger partial charge < -0.3 is 15.2 Å². The topological polar surface area (TPSA) is 74.4 Å². The van der Waals surface area contributed by atoms with Gasteiger partial charge in [0.25, 0.3) is 0 Å². The molecule has 0 aliphatic rings. The first-order valence-electron chi connectivity index (χ1n) is 9.15. The number of rotatable bonds is 5. The molecule has 2 aromatic heterocycles. The number of methoxy groups -OCH3 is 2. The van der Waals surface area contributed by atoms with Crippen molar-refractivity contribution in [1.29, 1.82) is 0 Å². The lowest BCUT2D eigenvalue weighted by atomic mass is 9.99. The Hall–Kier alpha value is -3.09. The Labute approximate surface area is 183 Å². The molecule has 0 unspecified atom stereocenters. The lowest BCUT2D eigenvalue weighted by molar-refractivity contribution is 0.102. The van der Waals surface area contributed by atoms with E-state index in [4.69, 9.17) is 31.8 Å². The molecule has 0 atom stereocenters. The number of nitrogens with zero attached hydrogens (tertiary/aromatic N) is 1.